The van der Waals surface area contributed by atoms with E-state index in [0.717, 1.165) is 12.8 Å². The fraction of sp³-hybridized carbons (Fsp3) is 0.833. The molecule has 2 unspecified atom stereocenters. The van der Waals surface area contributed by atoms with Crippen molar-refractivity contribution < 1.29 is 18.3 Å². The Morgan fingerprint density at radius 2 is 2.30 bits per heavy atom. The summed E-state index contributed by atoms with van der Waals surface area (Å²) in [6.07, 6.45) is 1.87. The molecule has 0 spiro atoms. The third-order valence-electron chi connectivity index (χ3n) is 3.43. The number of hydrogen-bond donors (Lipinski definition) is 2. The molecule has 0 bridgehead atoms. The first kappa shape index (κ1) is 16.9. The highest BCUT2D eigenvalue weighted by molar-refractivity contribution is 7.90. The van der Waals surface area contributed by atoms with Crippen molar-refractivity contribution in [2.75, 3.05) is 26.2 Å². The maximum atomic E-state index is 12.3. The molecule has 20 heavy (non-hydrogen) atoms. The van der Waals surface area contributed by atoms with Gasteiger partial charge in [0.25, 0.3) is 0 Å². The maximum Gasteiger partial charge on any atom is 0.317 e. The van der Waals surface area contributed by atoms with Crippen LogP contribution in [0.2, 0.25) is 0 Å². The number of aliphatic carboxylic acids is 1. The summed E-state index contributed by atoms with van der Waals surface area (Å²) >= 11 is 0. The van der Waals surface area contributed by atoms with Crippen LogP contribution in [0.5, 0.6) is 0 Å². The molecule has 1 heterocycles. The molecule has 0 aromatic carbocycles. The van der Waals surface area contributed by atoms with E-state index in [1.165, 1.54) is 4.31 Å². The Bertz CT molecular complexity index is 472. The van der Waals surface area contributed by atoms with E-state index in [4.69, 9.17) is 10.4 Å². The van der Waals surface area contributed by atoms with E-state index < -0.39 is 21.2 Å². The Hall–Kier alpha value is -1.17. The fourth-order valence-electron chi connectivity index (χ4n) is 2.36. The summed E-state index contributed by atoms with van der Waals surface area (Å²) in [5, 5.41) is 19.3. The van der Waals surface area contributed by atoms with Gasteiger partial charge in [-0.25, -0.2) is 12.7 Å². The smallest absolute Gasteiger partial charge is 0.317 e. The average molecular weight is 303 g/mol. The Morgan fingerprint density at radius 3 is 2.85 bits per heavy atom. The van der Waals surface area contributed by atoms with Crippen molar-refractivity contribution in [1.29, 1.82) is 5.26 Å². The SMILES string of the molecule is CCC(C#N)S(=O)(=O)N1CCCC(CNCC(=O)O)C1. The summed E-state index contributed by atoms with van der Waals surface area (Å²) in [5.74, 6) is -0.838. The predicted molar refractivity (Wildman–Crippen MR) is 73.4 cm³/mol. The highest BCUT2D eigenvalue weighted by Crippen LogP contribution is 2.21. The van der Waals surface area contributed by atoms with Gasteiger partial charge in [0, 0.05) is 13.1 Å². The van der Waals surface area contributed by atoms with Gasteiger partial charge in [-0.3, -0.25) is 4.79 Å². The number of carboxylic acids is 1. The molecule has 2 N–H and O–H groups in total. The second kappa shape index (κ2) is 7.57. The Balaban J connectivity index is 2.60. The van der Waals surface area contributed by atoms with Crippen molar-refractivity contribution in [3.8, 4) is 6.07 Å². The molecule has 0 aromatic rings. The van der Waals surface area contributed by atoms with Crippen LogP contribution in [0.1, 0.15) is 26.2 Å². The molecular formula is C12H21N3O4S. The van der Waals surface area contributed by atoms with Gasteiger partial charge in [0.2, 0.25) is 10.0 Å². The van der Waals surface area contributed by atoms with E-state index >= 15 is 0 Å². The van der Waals surface area contributed by atoms with Gasteiger partial charge in [-0.1, -0.05) is 6.92 Å². The molecule has 0 aliphatic carbocycles. The Labute approximate surface area is 119 Å². The van der Waals surface area contributed by atoms with Gasteiger partial charge < -0.3 is 10.4 Å². The minimum atomic E-state index is -3.57. The van der Waals surface area contributed by atoms with Crippen molar-refractivity contribution in [1.82, 2.24) is 9.62 Å². The molecule has 8 heteroatoms. The second-order valence-electron chi connectivity index (χ2n) is 4.96. The van der Waals surface area contributed by atoms with Crippen molar-refractivity contribution >= 4 is 16.0 Å². The van der Waals surface area contributed by atoms with Gasteiger partial charge in [-0.05, 0) is 31.7 Å². The third kappa shape index (κ3) is 4.44. The van der Waals surface area contributed by atoms with Gasteiger partial charge >= 0.3 is 5.97 Å². The molecule has 0 aromatic heterocycles. The van der Waals surface area contributed by atoms with Crippen molar-refractivity contribution in [2.24, 2.45) is 5.92 Å². The molecule has 114 valence electrons. The summed E-state index contributed by atoms with van der Waals surface area (Å²) in [4.78, 5) is 10.4. The highest BCUT2D eigenvalue weighted by atomic mass is 32.2. The minimum absolute atomic E-state index is 0.0917. The molecule has 1 rings (SSSR count). The summed E-state index contributed by atoms with van der Waals surface area (Å²) in [6.45, 7) is 2.82. The summed E-state index contributed by atoms with van der Waals surface area (Å²) in [6, 6.07) is 1.84. The molecule has 7 nitrogen and oxygen atoms in total. The molecule has 1 aliphatic rings. The topological polar surface area (TPSA) is 111 Å². The standard InChI is InChI=1S/C12H21N3O4S/c1-2-11(6-13)20(18,19)15-5-3-4-10(9-15)7-14-8-12(16)17/h10-11,14H,2-5,7-9H2,1H3,(H,16,17). The van der Waals surface area contributed by atoms with Crippen LogP contribution in [0.4, 0.5) is 0 Å². The van der Waals surface area contributed by atoms with Crippen LogP contribution >= 0.6 is 0 Å². The summed E-state index contributed by atoms with van der Waals surface area (Å²) in [5.41, 5.74) is 0. The van der Waals surface area contributed by atoms with E-state index in [1.54, 1.807) is 6.92 Å². The lowest BCUT2D eigenvalue weighted by molar-refractivity contribution is -0.136. The quantitative estimate of drug-likeness (QED) is 0.685. The number of sulfonamides is 1. The molecule has 1 aliphatic heterocycles. The lowest BCUT2D eigenvalue weighted by Gasteiger charge is -2.33. The zero-order valence-corrected chi connectivity index (χ0v) is 12.4. The largest absolute Gasteiger partial charge is 0.480 e. The van der Waals surface area contributed by atoms with Crippen LogP contribution in [-0.4, -0.2) is 55.2 Å². The van der Waals surface area contributed by atoms with Gasteiger partial charge in [0.15, 0.2) is 5.25 Å². The number of nitriles is 1. The van der Waals surface area contributed by atoms with Gasteiger partial charge in [-0.2, -0.15) is 5.26 Å². The van der Waals surface area contributed by atoms with Gasteiger partial charge in [-0.15, -0.1) is 0 Å². The van der Waals surface area contributed by atoms with E-state index in [0.29, 0.717) is 19.6 Å². The fourth-order valence-corrected chi connectivity index (χ4v) is 4.07. The predicted octanol–water partition coefficient (Wildman–Crippen LogP) is 0.00458. The number of carbonyl (C=O) groups is 1. The number of hydrogen-bond acceptors (Lipinski definition) is 5. The summed E-state index contributed by atoms with van der Waals surface area (Å²) in [7, 11) is -3.57. The van der Waals surface area contributed by atoms with Crippen LogP contribution < -0.4 is 5.32 Å². The van der Waals surface area contributed by atoms with Crippen molar-refractivity contribution in [3.05, 3.63) is 0 Å². The monoisotopic (exact) mass is 303 g/mol. The number of nitrogens with one attached hydrogen (secondary N) is 1. The van der Waals surface area contributed by atoms with E-state index in [-0.39, 0.29) is 18.9 Å². The molecule has 0 amide bonds. The number of rotatable bonds is 7. The van der Waals surface area contributed by atoms with E-state index in [1.807, 2.05) is 6.07 Å². The molecule has 1 saturated heterocycles. The van der Waals surface area contributed by atoms with Crippen LogP contribution in [-0.2, 0) is 14.8 Å². The first-order valence-electron chi connectivity index (χ1n) is 6.72. The third-order valence-corrected chi connectivity index (χ3v) is 5.63. The zero-order chi connectivity index (χ0) is 15.2. The molecular weight excluding hydrogens is 282 g/mol. The zero-order valence-electron chi connectivity index (χ0n) is 11.6. The Morgan fingerprint density at radius 1 is 1.60 bits per heavy atom. The second-order valence-corrected chi connectivity index (χ2v) is 7.08. The minimum Gasteiger partial charge on any atom is -0.480 e. The Kier molecular flexibility index (Phi) is 6.39. The summed E-state index contributed by atoms with van der Waals surface area (Å²) < 4.78 is 25.9. The number of nitrogens with zero attached hydrogens (tertiary/aromatic N) is 2. The molecule has 0 radical (unpaired) electrons. The molecule has 1 fully saturated rings. The van der Waals surface area contributed by atoms with Crippen LogP contribution in [0.25, 0.3) is 0 Å². The molecule has 0 saturated carbocycles. The normalized spacial score (nSPS) is 22.1. The average Bonchev–Trinajstić information content (AvgIpc) is 2.39. The first-order chi connectivity index (χ1) is 9.41. The van der Waals surface area contributed by atoms with Crippen LogP contribution in [0, 0.1) is 17.2 Å². The highest BCUT2D eigenvalue weighted by Gasteiger charge is 2.34. The number of piperidine rings is 1. The molecule has 2 atom stereocenters. The van der Waals surface area contributed by atoms with Crippen molar-refractivity contribution in [3.63, 3.8) is 0 Å². The van der Waals surface area contributed by atoms with Crippen LogP contribution in [0.3, 0.4) is 0 Å². The lowest BCUT2D eigenvalue weighted by atomic mass is 10.00. The van der Waals surface area contributed by atoms with Crippen LogP contribution in [0.15, 0.2) is 0 Å². The maximum absolute atomic E-state index is 12.3. The van der Waals surface area contributed by atoms with E-state index in [2.05, 4.69) is 5.32 Å². The van der Waals surface area contributed by atoms with Gasteiger partial charge in [0.1, 0.15) is 0 Å². The first-order valence-corrected chi connectivity index (χ1v) is 8.23. The van der Waals surface area contributed by atoms with E-state index in [9.17, 15) is 13.2 Å². The number of carboxylic acid groups (broad SMARTS) is 1. The van der Waals surface area contributed by atoms with Gasteiger partial charge in [0.05, 0.1) is 12.6 Å². The lowest BCUT2D eigenvalue weighted by Crippen LogP contribution is -2.46. The van der Waals surface area contributed by atoms with Crippen molar-refractivity contribution in [2.45, 2.75) is 31.4 Å².